The van der Waals surface area contributed by atoms with E-state index < -0.39 is 0 Å². The Labute approximate surface area is 185 Å². The van der Waals surface area contributed by atoms with Gasteiger partial charge in [0.2, 0.25) is 0 Å². The Kier molecular flexibility index (Phi) is 6.20. The van der Waals surface area contributed by atoms with Crippen LogP contribution in [0.25, 0.3) is 10.6 Å². The molecule has 0 amide bonds. The number of nitrogens with zero attached hydrogens (tertiary/aromatic N) is 4. The molecule has 0 aliphatic carbocycles. The second-order valence-electron chi connectivity index (χ2n) is 7.31. The second-order valence-corrected chi connectivity index (χ2v) is 9.11. The summed E-state index contributed by atoms with van der Waals surface area (Å²) < 4.78 is 7.97. The summed E-state index contributed by atoms with van der Waals surface area (Å²) >= 11 is 3.31. The van der Waals surface area contributed by atoms with E-state index in [-0.39, 0.29) is 0 Å². The maximum atomic E-state index is 5.98. The van der Waals surface area contributed by atoms with Gasteiger partial charge in [0.25, 0.3) is 0 Å². The number of ether oxygens (including phenoxy) is 1. The van der Waals surface area contributed by atoms with Gasteiger partial charge in [-0.2, -0.15) is 0 Å². The summed E-state index contributed by atoms with van der Waals surface area (Å²) in [5, 5.41) is 12.7. The van der Waals surface area contributed by atoms with E-state index >= 15 is 0 Å². The number of rotatable bonds is 7. The fourth-order valence-corrected chi connectivity index (χ4v) is 4.70. The molecule has 0 N–H and O–H groups in total. The lowest BCUT2D eigenvalue weighted by Crippen LogP contribution is -2.05. The van der Waals surface area contributed by atoms with Gasteiger partial charge < -0.3 is 9.30 Å². The second kappa shape index (κ2) is 9.02. The van der Waals surface area contributed by atoms with Crippen LogP contribution in [0.4, 0.5) is 0 Å². The SMILES string of the molecule is Cc1ccc(-c2nc(CSc3nnc(COc4cc(C)ccc4C)n3C)cs2)cc1. The monoisotopic (exact) mass is 436 g/mol. The van der Waals surface area contributed by atoms with Crippen molar-refractivity contribution in [3.63, 3.8) is 0 Å². The number of thioether (sulfide) groups is 1. The van der Waals surface area contributed by atoms with Crippen molar-refractivity contribution in [2.75, 3.05) is 0 Å². The standard InChI is InChI=1S/C23H24N4OS2/c1-15-6-9-18(10-7-15)22-24-19(13-29-22)14-30-23-26-25-21(27(23)4)12-28-20-11-16(2)5-8-17(20)3/h5-11,13H,12,14H2,1-4H3. The van der Waals surface area contributed by atoms with Crippen LogP contribution in [0.15, 0.2) is 53.0 Å². The van der Waals surface area contributed by atoms with Crippen LogP contribution in [0.5, 0.6) is 5.75 Å². The van der Waals surface area contributed by atoms with Crippen LogP contribution in [-0.4, -0.2) is 19.7 Å². The number of thiazole rings is 1. The van der Waals surface area contributed by atoms with E-state index in [4.69, 9.17) is 9.72 Å². The largest absolute Gasteiger partial charge is 0.485 e. The van der Waals surface area contributed by atoms with Gasteiger partial charge in [0, 0.05) is 23.7 Å². The predicted octanol–water partition coefficient (Wildman–Crippen LogP) is 5.74. The van der Waals surface area contributed by atoms with Crippen molar-refractivity contribution >= 4 is 23.1 Å². The summed E-state index contributed by atoms with van der Waals surface area (Å²) in [6.45, 7) is 6.59. The van der Waals surface area contributed by atoms with Crippen molar-refractivity contribution in [1.29, 1.82) is 0 Å². The Balaban J connectivity index is 1.37. The van der Waals surface area contributed by atoms with Crippen molar-refractivity contribution < 1.29 is 4.74 Å². The zero-order chi connectivity index (χ0) is 21.1. The third-order valence-electron chi connectivity index (χ3n) is 4.82. The normalized spacial score (nSPS) is 11.1. The Morgan fingerprint density at radius 1 is 1.00 bits per heavy atom. The molecule has 2 aromatic carbocycles. The molecule has 0 aliphatic heterocycles. The van der Waals surface area contributed by atoms with E-state index in [9.17, 15) is 0 Å². The first-order valence-electron chi connectivity index (χ1n) is 9.72. The van der Waals surface area contributed by atoms with Gasteiger partial charge in [0.1, 0.15) is 17.4 Å². The molecule has 0 spiro atoms. The molecule has 2 aromatic heterocycles. The zero-order valence-corrected chi connectivity index (χ0v) is 19.2. The lowest BCUT2D eigenvalue weighted by molar-refractivity contribution is 0.288. The average molecular weight is 437 g/mol. The lowest BCUT2D eigenvalue weighted by atomic mass is 10.1. The minimum absolute atomic E-state index is 0.391. The summed E-state index contributed by atoms with van der Waals surface area (Å²) in [7, 11) is 1.98. The van der Waals surface area contributed by atoms with Crippen LogP contribution < -0.4 is 4.74 Å². The van der Waals surface area contributed by atoms with Gasteiger partial charge >= 0.3 is 0 Å². The van der Waals surface area contributed by atoms with Crippen LogP contribution in [-0.2, 0) is 19.4 Å². The molecule has 30 heavy (non-hydrogen) atoms. The highest BCUT2D eigenvalue weighted by Gasteiger charge is 2.12. The molecule has 0 radical (unpaired) electrons. The van der Waals surface area contributed by atoms with Gasteiger partial charge in [-0.05, 0) is 38.0 Å². The molecule has 0 saturated carbocycles. The summed E-state index contributed by atoms with van der Waals surface area (Å²) in [5.41, 5.74) is 5.76. The Morgan fingerprint density at radius 2 is 1.77 bits per heavy atom. The molecule has 5 nitrogen and oxygen atoms in total. The third kappa shape index (κ3) is 4.74. The molecular formula is C23H24N4OS2. The fraction of sp³-hybridized carbons (Fsp3) is 0.261. The summed E-state index contributed by atoms with van der Waals surface area (Å²) in [4.78, 5) is 4.77. The summed E-state index contributed by atoms with van der Waals surface area (Å²) in [6, 6.07) is 14.7. The highest BCUT2D eigenvalue weighted by atomic mass is 32.2. The number of aryl methyl sites for hydroxylation is 3. The molecule has 0 aliphatic rings. The molecular weight excluding hydrogens is 412 g/mol. The molecule has 0 atom stereocenters. The van der Waals surface area contributed by atoms with Crippen molar-refractivity contribution in [3.8, 4) is 16.3 Å². The summed E-state index contributed by atoms with van der Waals surface area (Å²) in [6.07, 6.45) is 0. The lowest BCUT2D eigenvalue weighted by Gasteiger charge is -2.09. The van der Waals surface area contributed by atoms with Crippen LogP contribution in [0, 0.1) is 20.8 Å². The molecule has 0 unspecified atom stereocenters. The number of hydrogen-bond donors (Lipinski definition) is 0. The molecule has 0 saturated heterocycles. The molecule has 2 heterocycles. The van der Waals surface area contributed by atoms with Gasteiger partial charge in [-0.25, -0.2) is 4.98 Å². The molecule has 4 rings (SSSR count). The van der Waals surface area contributed by atoms with E-state index in [0.29, 0.717) is 6.61 Å². The molecule has 0 fully saturated rings. The van der Waals surface area contributed by atoms with Crippen LogP contribution >= 0.6 is 23.1 Å². The summed E-state index contributed by atoms with van der Waals surface area (Å²) in [5.74, 6) is 2.45. The van der Waals surface area contributed by atoms with Gasteiger partial charge in [-0.1, -0.05) is 53.7 Å². The van der Waals surface area contributed by atoms with Crippen molar-refractivity contribution in [1.82, 2.24) is 19.7 Å². The van der Waals surface area contributed by atoms with Crippen molar-refractivity contribution in [3.05, 3.63) is 76.1 Å². The predicted molar refractivity (Wildman–Crippen MR) is 123 cm³/mol. The highest BCUT2D eigenvalue weighted by Crippen LogP contribution is 2.28. The van der Waals surface area contributed by atoms with Crippen LogP contribution in [0.3, 0.4) is 0 Å². The zero-order valence-electron chi connectivity index (χ0n) is 17.5. The molecule has 4 aromatic rings. The first kappa shape index (κ1) is 20.6. The van der Waals surface area contributed by atoms with Gasteiger partial charge in [0.15, 0.2) is 11.0 Å². The Morgan fingerprint density at radius 3 is 2.57 bits per heavy atom. The number of aromatic nitrogens is 4. The topological polar surface area (TPSA) is 52.8 Å². The average Bonchev–Trinajstić information content (AvgIpc) is 3.34. The highest BCUT2D eigenvalue weighted by molar-refractivity contribution is 7.98. The third-order valence-corrected chi connectivity index (χ3v) is 6.82. The van der Waals surface area contributed by atoms with Gasteiger partial charge in [0.05, 0.1) is 5.69 Å². The van der Waals surface area contributed by atoms with E-state index in [1.807, 2.05) is 18.5 Å². The van der Waals surface area contributed by atoms with Crippen LogP contribution in [0.2, 0.25) is 0 Å². The smallest absolute Gasteiger partial charge is 0.191 e. The number of hydrogen-bond acceptors (Lipinski definition) is 6. The van der Waals surface area contributed by atoms with E-state index in [0.717, 1.165) is 44.3 Å². The molecule has 7 heteroatoms. The molecule has 0 bridgehead atoms. The quantitative estimate of drug-likeness (QED) is 0.346. The van der Waals surface area contributed by atoms with Gasteiger partial charge in [-0.3, -0.25) is 0 Å². The fourth-order valence-electron chi connectivity index (χ4n) is 2.94. The minimum atomic E-state index is 0.391. The Bertz CT molecular complexity index is 1150. The van der Waals surface area contributed by atoms with Gasteiger partial charge in [-0.15, -0.1) is 21.5 Å². The molecule has 154 valence electrons. The van der Waals surface area contributed by atoms with E-state index in [2.05, 4.69) is 71.9 Å². The minimum Gasteiger partial charge on any atom is -0.485 e. The number of benzene rings is 2. The first-order valence-corrected chi connectivity index (χ1v) is 11.6. The maximum Gasteiger partial charge on any atom is 0.191 e. The van der Waals surface area contributed by atoms with Crippen molar-refractivity contribution in [2.45, 2.75) is 38.3 Å². The van der Waals surface area contributed by atoms with E-state index in [1.165, 1.54) is 11.1 Å². The Hall–Kier alpha value is -2.64. The maximum absolute atomic E-state index is 5.98. The first-order chi connectivity index (χ1) is 14.5. The van der Waals surface area contributed by atoms with Crippen molar-refractivity contribution in [2.24, 2.45) is 7.05 Å². The van der Waals surface area contributed by atoms with E-state index in [1.54, 1.807) is 23.1 Å². The van der Waals surface area contributed by atoms with Crippen LogP contribution in [0.1, 0.15) is 28.2 Å².